The highest BCUT2D eigenvalue weighted by molar-refractivity contribution is 6.25. The fraction of sp³-hybridized carbons (Fsp3) is 0. The molecule has 1 heterocycles. The number of furan rings is 1. The molecule has 238 valence electrons. The van der Waals surface area contributed by atoms with Crippen molar-refractivity contribution in [2.45, 2.75) is 0 Å². The summed E-state index contributed by atoms with van der Waals surface area (Å²) in [6.07, 6.45) is 0. The van der Waals surface area contributed by atoms with Gasteiger partial charge in [0.25, 0.3) is 0 Å². The minimum atomic E-state index is -0.413. The largest absolute Gasteiger partial charge is 0.456 e. The Labute approximate surface area is 303 Å². The minimum Gasteiger partial charge on any atom is -0.456 e. The molecule has 0 fully saturated rings. The van der Waals surface area contributed by atoms with E-state index in [-0.39, 0.29) is 29.7 Å². The molecule has 0 N–H and O–H groups in total. The van der Waals surface area contributed by atoms with Crippen LogP contribution >= 0.6 is 0 Å². The molecule has 0 saturated heterocycles. The smallest absolute Gasteiger partial charge is 0.136 e. The van der Waals surface area contributed by atoms with Crippen LogP contribution in [-0.2, 0) is 0 Å². The van der Waals surface area contributed by atoms with Crippen LogP contribution in [0.5, 0.6) is 0 Å². The maximum Gasteiger partial charge on any atom is 0.136 e. The molecular formula is C50H32O. The monoisotopic (exact) mass is 653 g/mol. The molecule has 0 bridgehead atoms. The summed E-state index contributed by atoms with van der Waals surface area (Å²) < 4.78 is 48.2. The number of rotatable bonds is 5. The van der Waals surface area contributed by atoms with Crippen LogP contribution in [0.25, 0.3) is 99.1 Å². The lowest BCUT2D eigenvalue weighted by molar-refractivity contribution is 0.669. The summed E-state index contributed by atoms with van der Waals surface area (Å²) in [6, 6.07) is 55.3. The van der Waals surface area contributed by atoms with E-state index in [4.69, 9.17) is 11.3 Å². The van der Waals surface area contributed by atoms with Crippen molar-refractivity contribution in [2.75, 3.05) is 0 Å². The van der Waals surface area contributed by atoms with E-state index in [0.717, 1.165) is 71.3 Å². The number of hydrogen-bond acceptors (Lipinski definition) is 1. The van der Waals surface area contributed by atoms with Crippen LogP contribution in [0, 0.1) is 0 Å². The molecule has 51 heavy (non-hydrogen) atoms. The van der Waals surface area contributed by atoms with Crippen LogP contribution in [0.4, 0.5) is 0 Å². The summed E-state index contributed by atoms with van der Waals surface area (Å²) >= 11 is 0. The molecule has 0 aliphatic heterocycles. The first-order chi connectivity index (χ1) is 27.4. The summed E-state index contributed by atoms with van der Waals surface area (Å²) in [4.78, 5) is 0. The number of fused-ring (bicyclic) bond motifs is 5. The van der Waals surface area contributed by atoms with E-state index in [9.17, 15) is 0 Å². The van der Waals surface area contributed by atoms with E-state index < -0.39 is 6.04 Å². The van der Waals surface area contributed by atoms with Crippen molar-refractivity contribution < 1.29 is 11.3 Å². The zero-order valence-electron chi connectivity index (χ0n) is 32.5. The molecule has 0 unspecified atom stereocenters. The second-order valence-electron chi connectivity index (χ2n) is 12.9. The Bertz CT molecular complexity index is 3040. The van der Waals surface area contributed by atoms with Gasteiger partial charge in [0.05, 0.1) is 6.85 Å². The van der Waals surface area contributed by atoms with Gasteiger partial charge in [-0.25, -0.2) is 0 Å². The first-order valence-electron chi connectivity index (χ1n) is 19.6. The maximum atomic E-state index is 8.58. The van der Waals surface area contributed by atoms with E-state index in [2.05, 4.69) is 121 Å². The van der Waals surface area contributed by atoms with E-state index >= 15 is 0 Å². The Morgan fingerprint density at radius 3 is 1.49 bits per heavy atom. The summed E-state index contributed by atoms with van der Waals surface area (Å²) in [6.45, 7) is 0. The fourth-order valence-electron chi connectivity index (χ4n) is 7.68. The van der Waals surface area contributed by atoms with Crippen molar-refractivity contribution in [2.24, 2.45) is 0 Å². The molecule has 10 rings (SSSR count). The van der Waals surface area contributed by atoms with E-state index in [0.29, 0.717) is 16.7 Å². The summed E-state index contributed by atoms with van der Waals surface area (Å²) in [5, 5.41) is 6.34. The van der Waals surface area contributed by atoms with Gasteiger partial charge in [-0.05, 0) is 114 Å². The van der Waals surface area contributed by atoms with Crippen molar-refractivity contribution in [1.82, 2.24) is 0 Å². The van der Waals surface area contributed by atoms with Gasteiger partial charge in [0.2, 0.25) is 0 Å². The fourth-order valence-corrected chi connectivity index (χ4v) is 7.68. The standard InChI is InChI=1S/C50H32O/c1-4-15-33(16-5-1)36-27-28-44-47(32-36)51-46-26-14-25-45(50(44)46)49-42-23-12-10-21-40(42)48(41-22-11-13-24-43(41)49)39-30-37(34-17-6-2-7-18-34)29-38(31-39)35-19-8-3-9-20-35/h1-32H/i1D,4D,5D,15D,16D. The Kier molecular flexibility index (Phi) is 5.76. The molecule has 1 aromatic heterocycles. The molecule has 0 atom stereocenters. The predicted octanol–water partition coefficient (Wildman–Crippen LogP) is 14.2. The Morgan fingerprint density at radius 1 is 0.333 bits per heavy atom. The lowest BCUT2D eigenvalue weighted by Gasteiger charge is -2.19. The quantitative estimate of drug-likeness (QED) is 0.169. The molecule has 0 spiro atoms. The molecule has 1 heteroatoms. The zero-order valence-corrected chi connectivity index (χ0v) is 27.5. The van der Waals surface area contributed by atoms with Gasteiger partial charge in [0, 0.05) is 10.8 Å². The van der Waals surface area contributed by atoms with Gasteiger partial charge in [0.15, 0.2) is 0 Å². The second-order valence-corrected chi connectivity index (χ2v) is 12.9. The lowest BCUT2D eigenvalue weighted by atomic mass is 9.83. The topological polar surface area (TPSA) is 13.1 Å². The lowest BCUT2D eigenvalue weighted by Crippen LogP contribution is -1.92. The van der Waals surface area contributed by atoms with Crippen LogP contribution < -0.4 is 0 Å². The third kappa shape index (κ3) is 4.94. The van der Waals surface area contributed by atoms with E-state index in [1.165, 1.54) is 5.56 Å². The van der Waals surface area contributed by atoms with E-state index in [1.54, 1.807) is 6.07 Å². The number of hydrogen-bond donors (Lipinski definition) is 0. The highest BCUT2D eigenvalue weighted by Crippen LogP contribution is 2.48. The minimum absolute atomic E-state index is 0.151. The maximum absolute atomic E-state index is 8.58. The van der Waals surface area contributed by atoms with Crippen LogP contribution in [0.2, 0.25) is 0 Å². The van der Waals surface area contributed by atoms with Crippen molar-refractivity contribution >= 4 is 43.5 Å². The molecule has 0 aliphatic rings. The van der Waals surface area contributed by atoms with Gasteiger partial charge in [-0.2, -0.15) is 0 Å². The first kappa shape index (κ1) is 24.4. The average molecular weight is 654 g/mol. The average Bonchev–Trinajstić information content (AvgIpc) is 3.63. The second kappa shape index (κ2) is 12.0. The van der Waals surface area contributed by atoms with Crippen molar-refractivity contribution in [3.63, 3.8) is 0 Å². The van der Waals surface area contributed by atoms with Crippen LogP contribution in [0.3, 0.4) is 0 Å². The van der Waals surface area contributed by atoms with Gasteiger partial charge < -0.3 is 4.42 Å². The molecule has 9 aromatic carbocycles. The molecule has 0 amide bonds. The summed E-state index contributed by atoms with van der Waals surface area (Å²) in [7, 11) is 0. The van der Waals surface area contributed by atoms with Crippen LogP contribution in [0.1, 0.15) is 6.85 Å². The van der Waals surface area contributed by atoms with E-state index in [1.807, 2.05) is 36.4 Å². The molecular weight excluding hydrogens is 617 g/mol. The normalized spacial score (nSPS) is 12.9. The Hall–Kier alpha value is -6.70. The highest BCUT2D eigenvalue weighted by Gasteiger charge is 2.21. The molecule has 10 aromatic rings. The SMILES string of the molecule is [2H]c1c([2H])c([2H])c(-c2ccc3c(c2)oc2cccc(-c4c5ccccc5c(-c5cc(-c6ccccc6)cc(-c6ccccc6)c5)c5ccccc45)c23)c([2H])c1[2H]. The zero-order chi connectivity index (χ0) is 38.1. The third-order valence-electron chi connectivity index (χ3n) is 9.92. The molecule has 0 saturated carbocycles. The first-order valence-corrected chi connectivity index (χ1v) is 17.1. The van der Waals surface area contributed by atoms with Crippen molar-refractivity contribution in [3.05, 3.63) is 194 Å². The van der Waals surface area contributed by atoms with Gasteiger partial charge in [-0.1, -0.05) is 158 Å². The van der Waals surface area contributed by atoms with Crippen LogP contribution in [-0.4, -0.2) is 0 Å². The molecule has 0 radical (unpaired) electrons. The highest BCUT2D eigenvalue weighted by atomic mass is 16.3. The van der Waals surface area contributed by atoms with Gasteiger partial charge in [-0.15, -0.1) is 0 Å². The van der Waals surface area contributed by atoms with Crippen molar-refractivity contribution in [3.8, 4) is 55.6 Å². The van der Waals surface area contributed by atoms with Gasteiger partial charge in [0.1, 0.15) is 11.2 Å². The summed E-state index contributed by atoms with van der Waals surface area (Å²) in [5.74, 6) is 0. The van der Waals surface area contributed by atoms with Crippen molar-refractivity contribution in [1.29, 1.82) is 0 Å². The van der Waals surface area contributed by atoms with Crippen LogP contribution in [0.15, 0.2) is 198 Å². The predicted molar refractivity (Wildman–Crippen MR) is 216 cm³/mol. The Balaban J connectivity index is 1.24. The van der Waals surface area contributed by atoms with Gasteiger partial charge >= 0.3 is 0 Å². The Morgan fingerprint density at radius 2 is 0.882 bits per heavy atom. The third-order valence-corrected chi connectivity index (χ3v) is 9.92. The summed E-state index contributed by atoms with van der Waals surface area (Å²) in [5.41, 5.74) is 11.0. The van der Waals surface area contributed by atoms with Gasteiger partial charge in [-0.3, -0.25) is 0 Å². The molecule has 1 nitrogen and oxygen atoms in total. The number of benzene rings is 9. The molecule has 0 aliphatic carbocycles.